The van der Waals surface area contributed by atoms with Crippen LogP contribution in [0.1, 0.15) is 56.7 Å². The molecule has 6 aromatic rings. The molecule has 1 unspecified atom stereocenters. The van der Waals surface area contributed by atoms with Gasteiger partial charge in [-0.2, -0.15) is 0 Å². The van der Waals surface area contributed by atoms with Crippen molar-refractivity contribution in [3.8, 4) is 22.3 Å². The lowest BCUT2D eigenvalue weighted by atomic mass is 9.77. The number of rotatable bonds is 3. The topological polar surface area (TPSA) is 0 Å². The van der Waals surface area contributed by atoms with Crippen LogP contribution in [0.4, 0.5) is 0 Å². The van der Waals surface area contributed by atoms with E-state index in [2.05, 4.69) is 119 Å². The molecule has 0 heterocycles. The van der Waals surface area contributed by atoms with Crippen molar-refractivity contribution in [2.24, 2.45) is 0 Å². The zero-order valence-corrected chi connectivity index (χ0v) is 20.9. The van der Waals surface area contributed by atoms with Crippen LogP contribution in [-0.2, 0) is 5.41 Å². The first-order valence-electron chi connectivity index (χ1n) is 13.0. The zero-order chi connectivity index (χ0) is 23.9. The van der Waals surface area contributed by atoms with Crippen molar-refractivity contribution >= 4 is 32.3 Å². The van der Waals surface area contributed by atoms with Gasteiger partial charge in [0, 0.05) is 5.41 Å². The van der Waals surface area contributed by atoms with E-state index in [9.17, 15) is 0 Å². The van der Waals surface area contributed by atoms with Crippen LogP contribution in [0.25, 0.3) is 54.6 Å². The molecule has 35 heavy (non-hydrogen) atoms. The number of hydrogen-bond donors (Lipinski definition) is 0. The molecule has 0 spiro atoms. The van der Waals surface area contributed by atoms with Gasteiger partial charge >= 0.3 is 0 Å². The van der Waals surface area contributed by atoms with E-state index in [1.54, 1.807) is 0 Å². The SMILES string of the molecule is CCC1(C)c2ccccc2-c2ccc(-c3ccc4ccc5cc(C(C)C)cc6ccc3c4c56)cc21. The predicted octanol–water partition coefficient (Wildman–Crippen LogP) is 10.1. The van der Waals surface area contributed by atoms with Crippen LogP contribution in [0.5, 0.6) is 0 Å². The normalized spacial score (nSPS) is 17.1. The van der Waals surface area contributed by atoms with Gasteiger partial charge in [0.1, 0.15) is 0 Å². The minimum absolute atomic E-state index is 0.0545. The van der Waals surface area contributed by atoms with Crippen molar-refractivity contribution < 1.29 is 0 Å². The van der Waals surface area contributed by atoms with E-state index < -0.39 is 0 Å². The largest absolute Gasteiger partial charge is 0.0642 e. The van der Waals surface area contributed by atoms with E-state index in [1.165, 1.54) is 71.3 Å². The molecular weight excluding hydrogens is 420 g/mol. The minimum Gasteiger partial charge on any atom is -0.0642 e. The summed E-state index contributed by atoms with van der Waals surface area (Å²) in [7, 11) is 0. The Bertz CT molecular complexity index is 1750. The molecule has 170 valence electrons. The van der Waals surface area contributed by atoms with Crippen LogP contribution in [0, 0.1) is 0 Å². The van der Waals surface area contributed by atoms with E-state index in [4.69, 9.17) is 0 Å². The van der Waals surface area contributed by atoms with E-state index >= 15 is 0 Å². The van der Waals surface area contributed by atoms with Crippen LogP contribution in [0.15, 0.2) is 91.0 Å². The summed E-state index contributed by atoms with van der Waals surface area (Å²) < 4.78 is 0. The lowest BCUT2D eigenvalue weighted by molar-refractivity contribution is 0.565. The molecule has 1 aliphatic carbocycles. The van der Waals surface area contributed by atoms with Gasteiger partial charge < -0.3 is 0 Å². The summed E-state index contributed by atoms with van der Waals surface area (Å²) in [6, 6.07) is 34.8. The van der Waals surface area contributed by atoms with Gasteiger partial charge in [0.05, 0.1) is 0 Å². The third-order valence-electron chi connectivity index (χ3n) is 8.73. The molecule has 6 aromatic carbocycles. The number of benzene rings is 6. The van der Waals surface area contributed by atoms with Crippen molar-refractivity contribution in [3.63, 3.8) is 0 Å². The Labute approximate surface area is 207 Å². The van der Waals surface area contributed by atoms with Gasteiger partial charge in [0.2, 0.25) is 0 Å². The fraction of sp³-hybridized carbons (Fsp3) is 0.200. The maximum absolute atomic E-state index is 2.47. The van der Waals surface area contributed by atoms with Crippen LogP contribution < -0.4 is 0 Å². The van der Waals surface area contributed by atoms with Crippen molar-refractivity contribution in [2.75, 3.05) is 0 Å². The highest BCUT2D eigenvalue weighted by molar-refractivity contribution is 6.25. The second-order valence-electron chi connectivity index (χ2n) is 10.9. The van der Waals surface area contributed by atoms with Crippen LogP contribution >= 0.6 is 0 Å². The Kier molecular flexibility index (Phi) is 4.25. The third kappa shape index (κ3) is 2.74. The molecule has 0 saturated carbocycles. The van der Waals surface area contributed by atoms with Crippen molar-refractivity contribution in [2.45, 2.75) is 45.4 Å². The summed E-state index contributed by atoms with van der Waals surface area (Å²) in [5.41, 5.74) is 9.83. The third-order valence-corrected chi connectivity index (χ3v) is 8.73. The molecule has 0 saturated heterocycles. The smallest absolute Gasteiger partial charge is 0.0184 e. The molecule has 0 radical (unpaired) electrons. The Hall–Kier alpha value is -3.64. The summed E-state index contributed by atoms with van der Waals surface area (Å²) in [4.78, 5) is 0. The second kappa shape index (κ2) is 7.18. The summed E-state index contributed by atoms with van der Waals surface area (Å²) in [5, 5.41) is 8.18. The quantitative estimate of drug-likeness (QED) is 0.235. The van der Waals surface area contributed by atoms with Crippen LogP contribution in [0.2, 0.25) is 0 Å². The first-order chi connectivity index (χ1) is 17.0. The molecular formula is C35H30. The van der Waals surface area contributed by atoms with Gasteiger partial charge in [0.25, 0.3) is 0 Å². The highest BCUT2D eigenvalue weighted by atomic mass is 14.4. The molecule has 7 rings (SSSR count). The standard InChI is InChI=1S/C35H30/c1-5-35(4)31-9-7-6-8-28(31)29-16-13-23(20-32(29)35)27-15-12-22-10-11-24-18-26(21(2)3)19-25-14-17-30(27)34(22)33(24)25/h6-21H,5H2,1-4H3. The van der Waals surface area contributed by atoms with Crippen LogP contribution in [0.3, 0.4) is 0 Å². The van der Waals surface area contributed by atoms with Gasteiger partial charge in [-0.15, -0.1) is 0 Å². The molecule has 0 nitrogen and oxygen atoms in total. The highest BCUT2D eigenvalue weighted by Gasteiger charge is 2.37. The fourth-order valence-electron chi connectivity index (χ4n) is 6.56. The van der Waals surface area contributed by atoms with Gasteiger partial charge in [-0.1, -0.05) is 113 Å². The molecule has 0 bridgehead atoms. The van der Waals surface area contributed by atoms with E-state index in [1.807, 2.05) is 0 Å². The molecule has 0 aromatic heterocycles. The van der Waals surface area contributed by atoms with E-state index in [0.29, 0.717) is 5.92 Å². The summed E-state index contributed by atoms with van der Waals surface area (Å²) in [6.45, 7) is 9.29. The Morgan fingerprint density at radius 1 is 0.629 bits per heavy atom. The Morgan fingerprint density at radius 3 is 2.06 bits per heavy atom. The lowest BCUT2D eigenvalue weighted by Crippen LogP contribution is -2.19. The minimum atomic E-state index is 0.0545. The molecule has 0 N–H and O–H groups in total. The molecule has 0 aliphatic heterocycles. The first kappa shape index (κ1) is 20.7. The Morgan fingerprint density at radius 2 is 1.29 bits per heavy atom. The van der Waals surface area contributed by atoms with Gasteiger partial charge in [-0.3, -0.25) is 0 Å². The average Bonchev–Trinajstić information content (AvgIpc) is 3.15. The predicted molar refractivity (Wildman–Crippen MR) is 152 cm³/mol. The summed E-state index contributed by atoms with van der Waals surface area (Å²) >= 11 is 0. The van der Waals surface area contributed by atoms with Gasteiger partial charge in [-0.05, 0) is 89.7 Å². The maximum atomic E-state index is 2.47. The average molecular weight is 451 g/mol. The maximum Gasteiger partial charge on any atom is 0.0184 e. The number of fused-ring (bicyclic) bond motifs is 3. The zero-order valence-electron chi connectivity index (χ0n) is 20.9. The lowest BCUT2D eigenvalue weighted by Gasteiger charge is -2.26. The molecule has 0 heteroatoms. The molecule has 0 amide bonds. The van der Waals surface area contributed by atoms with Gasteiger partial charge in [0.15, 0.2) is 0 Å². The van der Waals surface area contributed by atoms with E-state index in [-0.39, 0.29) is 5.41 Å². The molecule has 0 fully saturated rings. The number of hydrogen-bond acceptors (Lipinski definition) is 0. The fourth-order valence-corrected chi connectivity index (χ4v) is 6.56. The Balaban J connectivity index is 1.49. The van der Waals surface area contributed by atoms with Crippen molar-refractivity contribution in [1.82, 2.24) is 0 Å². The summed E-state index contributed by atoms with van der Waals surface area (Å²) in [6.07, 6.45) is 1.09. The van der Waals surface area contributed by atoms with Crippen molar-refractivity contribution in [3.05, 3.63) is 108 Å². The first-order valence-corrected chi connectivity index (χ1v) is 13.0. The summed E-state index contributed by atoms with van der Waals surface area (Å²) in [5.74, 6) is 0.524. The van der Waals surface area contributed by atoms with Crippen LogP contribution in [-0.4, -0.2) is 0 Å². The second-order valence-corrected chi connectivity index (χ2v) is 10.9. The molecule has 1 aliphatic rings. The van der Waals surface area contributed by atoms with Gasteiger partial charge in [-0.25, -0.2) is 0 Å². The van der Waals surface area contributed by atoms with E-state index in [0.717, 1.165) is 6.42 Å². The monoisotopic (exact) mass is 450 g/mol. The highest BCUT2D eigenvalue weighted by Crippen LogP contribution is 2.52. The molecule has 1 atom stereocenters. The van der Waals surface area contributed by atoms with Crippen molar-refractivity contribution in [1.29, 1.82) is 0 Å².